The van der Waals surface area contributed by atoms with Gasteiger partial charge in [0.25, 0.3) is 0 Å². The van der Waals surface area contributed by atoms with Crippen molar-refractivity contribution in [2.75, 3.05) is 32.6 Å². The average Bonchev–Trinajstić information content (AvgIpc) is 3.25. The van der Waals surface area contributed by atoms with Gasteiger partial charge in [0.1, 0.15) is 18.0 Å². The number of rotatable bonds is 8. The van der Waals surface area contributed by atoms with Crippen molar-refractivity contribution >= 4 is 17.5 Å². The molecule has 3 rings (SSSR count). The summed E-state index contributed by atoms with van der Waals surface area (Å²) in [5.74, 6) is 1.60. The number of nitrogens with zero attached hydrogens (tertiary/aromatic N) is 3. The van der Waals surface area contributed by atoms with Crippen molar-refractivity contribution in [3.8, 4) is 11.5 Å². The van der Waals surface area contributed by atoms with Gasteiger partial charge in [-0.05, 0) is 31.2 Å². The van der Waals surface area contributed by atoms with E-state index in [1.807, 2.05) is 11.0 Å². The second-order valence-electron chi connectivity index (χ2n) is 7.24. The standard InChI is InChI=1S/C21H28N4O4/c1-28-18-11-17(12-19(13-18)29-2)23-20(26)7-6-16-5-3-9-24(14-16)21(27)15-25-10-4-8-22-25/h4,8,10-13,16H,3,5-7,9,14-15H2,1-2H3,(H,23,26)/t16-/m1/s1. The molecule has 2 heterocycles. The first-order chi connectivity index (χ1) is 14.1. The van der Waals surface area contributed by atoms with Crippen LogP contribution in [0.3, 0.4) is 0 Å². The van der Waals surface area contributed by atoms with Gasteiger partial charge in [0, 0.05) is 55.8 Å². The summed E-state index contributed by atoms with van der Waals surface area (Å²) >= 11 is 0. The highest BCUT2D eigenvalue weighted by Crippen LogP contribution is 2.26. The van der Waals surface area contributed by atoms with Gasteiger partial charge in [-0.25, -0.2) is 0 Å². The SMILES string of the molecule is COc1cc(NC(=O)CC[C@H]2CCCN(C(=O)Cn3cccn3)C2)cc(OC)c1. The minimum Gasteiger partial charge on any atom is -0.497 e. The summed E-state index contributed by atoms with van der Waals surface area (Å²) in [6.45, 7) is 1.73. The van der Waals surface area contributed by atoms with Crippen LogP contribution in [0.1, 0.15) is 25.7 Å². The molecular weight excluding hydrogens is 372 g/mol. The molecule has 0 unspecified atom stereocenters. The van der Waals surface area contributed by atoms with Crippen molar-refractivity contribution < 1.29 is 19.1 Å². The molecule has 1 aliphatic heterocycles. The normalized spacial score (nSPS) is 16.3. The number of carbonyl (C=O) groups is 2. The van der Waals surface area contributed by atoms with Gasteiger partial charge in [0.15, 0.2) is 0 Å². The number of amides is 2. The number of benzene rings is 1. The van der Waals surface area contributed by atoms with Gasteiger partial charge in [0.2, 0.25) is 11.8 Å². The maximum Gasteiger partial charge on any atom is 0.244 e. The Labute approximate surface area is 170 Å². The number of nitrogens with one attached hydrogen (secondary N) is 1. The quantitative estimate of drug-likeness (QED) is 0.736. The van der Waals surface area contributed by atoms with E-state index < -0.39 is 0 Å². The summed E-state index contributed by atoms with van der Waals surface area (Å²) in [6, 6.07) is 7.09. The van der Waals surface area contributed by atoms with Gasteiger partial charge in [-0.3, -0.25) is 14.3 Å². The van der Waals surface area contributed by atoms with E-state index in [9.17, 15) is 9.59 Å². The van der Waals surface area contributed by atoms with Crippen LogP contribution in [0.15, 0.2) is 36.7 Å². The van der Waals surface area contributed by atoms with Gasteiger partial charge in [0.05, 0.1) is 14.2 Å². The topological polar surface area (TPSA) is 85.7 Å². The van der Waals surface area contributed by atoms with Crippen LogP contribution in [0, 0.1) is 5.92 Å². The molecule has 0 saturated carbocycles. The van der Waals surface area contributed by atoms with Crippen LogP contribution in [0.25, 0.3) is 0 Å². The number of hydrogen-bond donors (Lipinski definition) is 1. The molecule has 1 N–H and O–H groups in total. The molecule has 1 aliphatic rings. The molecule has 1 aromatic carbocycles. The Morgan fingerprint density at radius 2 is 1.97 bits per heavy atom. The highest BCUT2D eigenvalue weighted by Gasteiger charge is 2.24. The Kier molecular flexibility index (Phi) is 7.10. The number of ether oxygens (including phenoxy) is 2. The summed E-state index contributed by atoms with van der Waals surface area (Å²) < 4.78 is 12.1. The lowest BCUT2D eigenvalue weighted by Gasteiger charge is -2.32. The van der Waals surface area contributed by atoms with E-state index in [2.05, 4.69) is 10.4 Å². The Hall–Kier alpha value is -3.03. The smallest absolute Gasteiger partial charge is 0.244 e. The molecule has 0 bridgehead atoms. The van der Waals surface area contributed by atoms with Crippen LogP contribution in [0.5, 0.6) is 11.5 Å². The molecule has 1 atom stereocenters. The van der Waals surface area contributed by atoms with Crippen molar-refractivity contribution in [2.24, 2.45) is 5.92 Å². The summed E-state index contributed by atoms with van der Waals surface area (Å²) in [5.41, 5.74) is 0.644. The number of methoxy groups -OCH3 is 2. The van der Waals surface area contributed by atoms with E-state index in [0.717, 1.165) is 25.8 Å². The van der Waals surface area contributed by atoms with Crippen molar-refractivity contribution in [3.05, 3.63) is 36.7 Å². The second-order valence-corrected chi connectivity index (χ2v) is 7.24. The van der Waals surface area contributed by atoms with Crippen LogP contribution < -0.4 is 14.8 Å². The lowest BCUT2D eigenvalue weighted by Crippen LogP contribution is -2.41. The Morgan fingerprint density at radius 1 is 1.21 bits per heavy atom. The van der Waals surface area contributed by atoms with Crippen LogP contribution in [-0.4, -0.2) is 53.8 Å². The molecule has 2 amide bonds. The molecule has 0 aliphatic carbocycles. The lowest BCUT2D eigenvalue weighted by atomic mass is 9.93. The number of anilines is 1. The predicted octanol–water partition coefficient (Wildman–Crippen LogP) is 2.56. The van der Waals surface area contributed by atoms with Crippen LogP contribution in [-0.2, 0) is 16.1 Å². The van der Waals surface area contributed by atoms with Crippen molar-refractivity contribution in [1.82, 2.24) is 14.7 Å². The zero-order valence-corrected chi connectivity index (χ0v) is 17.0. The second kappa shape index (κ2) is 9.95. The molecule has 8 nitrogen and oxygen atoms in total. The van der Waals surface area contributed by atoms with Crippen LogP contribution in [0.2, 0.25) is 0 Å². The predicted molar refractivity (Wildman–Crippen MR) is 109 cm³/mol. The third-order valence-corrected chi connectivity index (χ3v) is 5.14. The molecule has 1 fully saturated rings. The summed E-state index contributed by atoms with van der Waals surface area (Å²) in [4.78, 5) is 26.8. The molecule has 29 heavy (non-hydrogen) atoms. The fourth-order valence-corrected chi connectivity index (χ4v) is 3.60. The first-order valence-electron chi connectivity index (χ1n) is 9.85. The fourth-order valence-electron chi connectivity index (χ4n) is 3.60. The number of piperidine rings is 1. The summed E-state index contributed by atoms with van der Waals surface area (Å²) in [7, 11) is 3.14. The highest BCUT2D eigenvalue weighted by atomic mass is 16.5. The van der Waals surface area contributed by atoms with E-state index in [1.54, 1.807) is 49.5 Å². The zero-order valence-electron chi connectivity index (χ0n) is 17.0. The maximum atomic E-state index is 12.5. The first-order valence-corrected chi connectivity index (χ1v) is 9.85. The molecule has 0 spiro atoms. The molecule has 1 aromatic heterocycles. The monoisotopic (exact) mass is 400 g/mol. The van der Waals surface area contributed by atoms with Gasteiger partial charge in [-0.1, -0.05) is 0 Å². The minimum absolute atomic E-state index is 0.0553. The van der Waals surface area contributed by atoms with Gasteiger partial charge in [-0.15, -0.1) is 0 Å². The molecule has 2 aromatic rings. The zero-order chi connectivity index (χ0) is 20.6. The van der Waals surface area contributed by atoms with E-state index in [-0.39, 0.29) is 18.4 Å². The number of carbonyl (C=O) groups excluding carboxylic acids is 2. The van der Waals surface area contributed by atoms with E-state index in [4.69, 9.17) is 9.47 Å². The van der Waals surface area contributed by atoms with Crippen molar-refractivity contribution in [2.45, 2.75) is 32.2 Å². The molecule has 8 heteroatoms. The minimum atomic E-state index is -0.0553. The number of aromatic nitrogens is 2. The first kappa shape index (κ1) is 20.7. The van der Waals surface area contributed by atoms with E-state index >= 15 is 0 Å². The summed E-state index contributed by atoms with van der Waals surface area (Å²) in [5, 5.41) is 7.00. The number of hydrogen-bond acceptors (Lipinski definition) is 5. The number of likely N-dealkylation sites (tertiary alicyclic amines) is 1. The molecule has 156 valence electrons. The molecule has 0 radical (unpaired) electrons. The highest BCUT2D eigenvalue weighted by molar-refractivity contribution is 5.91. The fraction of sp³-hybridized carbons (Fsp3) is 0.476. The van der Waals surface area contributed by atoms with Gasteiger partial charge < -0.3 is 19.7 Å². The Bertz CT molecular complexity index is 800. The van der Waals surface area contributed by atoms with Crippen LogP contribution >= 0.6 is 0 Å². The molecular formula is C21H28N4O4. The Balaban J connectivity index is 1.48. The average molecular weight is 400 g/mol. The van der Waals surface area contributed by atoms with Crippen molar-refractivity contribution in [3.63, 3.8) is 0 Å². The Morgan fingerprint density at radius 3 is 2.62 bits per heavy atom. The maximum absolute atomic E-state index is 12.5. The third kappa shape index (κ3) is 5.97. The largest absolute Gasteiger partial charge is 0.497 e. The van der Waals surface area contributed by atoms with Crippen LogP contribution in [0.4, 0.5) is 5.69 Å². The van der Waals surface area contributed by atoms with Crippen molar-refractivity contribution in [1.29, 1.82) is 0 Å². The van der Waals surface area contributed by atoms with Gasteiger partial charge in [-0.2, -0.15) is 5.10 Å². The third-order valence-electron chi connectivity index (χ3n) is 5.14. The van der Waals surface area contributed by atoms with Gasteiger partial charge >= 0.3 is 0 Å². The van der Waals surface area contributed by atoms with E-state index in [0.29, 0.717) is 36.1 Å². The summed E-state index contributed by atoms with van der Waals surface area (Å²) in [6.07, 6.45) is 6.61. The molecule has 1 saturated heterocycles. The lowest BCUT2D eigenvalue weighted by molar-refractivity contribution is -0.133. The van der Waals surface area contributed by atoms with E-state index in [1.165, 1.54) is 0 Å².